The highest BCUT2D eigenvalue weighted by molar-refractivity contribution is 5.94. The minimum atomic E-state index is 0.748. The van der Waals surface area contributed by atoms with Crippen molar-refractivity contribution < 1.29 is 4.58 Å². The van der Waals surface area contributed by atoms with Crippen molar-refractivity contribution in [2.45, 2.75) is 141 Å². The van der Waals surface area contributed by atoms with Crippen molar-refractivity contribution in [3.05, 3.63) is 35.6 Å². The van der Waals surface area contributed by atoms with Gasteiger partial charge >= 0.3 is 0 Å². The van der Waals surface area contributed by atoms with Crippen LogP contribution >= 0.6 is 0 Å². The number of hydrogen-bond donors (Lipinski definition) is 0. The first-order chi connectivity index (χ1) is 20.7. The minimum Gasteiger partial charge on any atom is -0.374 e. The zero-order valence-electron chi connectivity index (χ0n) is 27.2. The van der Waals surface area contributed by atoms with Gasteiger partial charge in [0.05, 0.1) is 5.92 Å². The highest BCUT2D eigenvalue weighted by Crippen LogP contribution is 2.54. The van der Waals surface area contributed by atoms with Crippen molar-refractivity contribution in [1.29, 1.82) is 0 Å². The van der Waals surface area contributed by atoms with E-state index in [2.05, 4.69) is 47.9 Å². The summed E-state index contributed by atoms with van der Waals surface area (Å²) in [7, 11) is 4.93. The minimum absolute atomic E-state index is 0.748. The third-order valence-corrected chi connectivity index (χ3v) is 14.8. The molecule has 8 rings (SSSR count). The quantitative estimate of drug-likeness (QED) is 0.306. The molecular weight excluding hydrogens is 508 g/mol. The van der Waals surface area contributed by atoms with E-state index >= 15 is 0 Å². The summed E-state index contributed by atoms with van der Waals surface area (Å²) in [6.45, 7) is 0. The topological polar surface area (TPSA) is 6.25 Å². The van der Waals surface area contributed by atoms with Gasteiger partial charge in [0, 0.05) is 43.1 Å². The second kappa shape index (κ2) is 11.9. The lowest BCUT2D eigenvalue weighted by atomic mass is 9.63. The molecule has 10 unspecified atom stereocenters. The maximum absolute atomic E-state index is 2.79. The molecular formula is C40H61N2+. The van der Waals surface area contributed by atoms with Gasteiger partial charge in [-0.15, -0.1) is 0 Å². The lowest BCUT2D eigenvalue weighted by Crippen LogP contribution is -2.39. The third kappa shape index (κ3) is 4.83. The predicted molar refractivity (Wildman–Crippen MR) is 176 cm³/mol. The molecule has 0 spiro atoms. The van der Waals surface area contributed by atoms with E-state index in [0.717, 1.165) is 65.3 Å². The molecule has 0 radical (unpaired) electrons. The maximum Gasteiger partial charge on any atom is 0.179 e. The van der Waals surface area contributed by atoms with Crippen LogP contribution in [0.15, 0.2) is 35.6 Å². The molecule has 0 aromatic heterocycles. The van der Waals surface area contributed by atoms with Crippen LogP contribution in [0.4, 0.5) is 0 Å². The molecule has 230 valence electrons. The van der Waals surface area contributed by atoms with Crippen LogP contribution in [-0.2, 0) is 0 Å². The number of likely N-dealkylation sites (tertiary alicyclic amines) is 1. The first kappa shape index (κ1) is 28.2. The van der Waals surface area contributed by atoms with Crippen LogP contribution in [0.5, 0.6) is 0 Å². The highest BCUT2D eigenvalue weighted by Gasteiger charge is 2.53. The summed E-state index contributed by atoms with van der Waals surface area (Å²) in [6, 6.07) is 1.67. The number of hydrogen-bond acceptors (Lipinski definition) is 1. The largest absolute Gasteiger partial charge is 0.374 e. The van der Waals surface area contributed by atoms with Crippen molar-refractivity contribution >= 4 is 5.71 Å². The second-order valence-electron chi connectivity index (χ2n) is 16.6. The van der Waals surface area contributed by atoms with Crippen LogP contribution in [0.25, 0.3) is 0 Å². The molecule has 8 aliphatic rings. The van der Waals surface area contributed by atoms with E-state index in [1.54, 1.807) is 11.4 Å². The van der Waals surface area contributed by atoms with E-state index in [1.165, 1.54) is 128 Å². The maximum atomic E-state index is 2.79. The van der Waals surface area contributed by atoms with Crippen LogP contribution in [0.1, 0.15) is 128 Å². The van der Waals surface area contributed by atoms with E-state index in [-0.39, 0.29) is 0 Å². The number of allylic oxidation sites excluding steroid dienone is 6. The SMILES string of the molecule is CN1/C(=C/C=C2\CCCC(/C=C/C3=[N+](C)C4CCCC5CCCC3C54)C2C2CCCCC2)C2CCCC3CCCC1C32. The molecule has 0 amide bonds. The zero-order chi connectivity index (χ0) is 28.2. The number of nitrogens with zero attached hydrogens (tertiary/aromatic N) is 2. The molecule has 0 bridgehead atoms. The molecule has 10 atom stereocenters. The molecule has 42 heavy (non-hydrogen) atoms. The Morgan fingerprint density at radius 3 is 2.14 bits per heavy atom. The van der Waals surface area contributed by atoms with Gasteiger partial charge in [-0.25, -0.2) is 4.58 Å². The number of rotatable bonds is 4. The first-order valence-electron chi connectivity index (χ1n) is 19.1. The van der Waals surface area contributed by atoms with Gasteiger partial charge in [0.25, 0.3) is 0 Å². The molecule has 2 heteroatoms. The zero-order valence-corrected chi connectivity index (χ0v) is 27.2. The highest BCUT2D eigenvalue weighted by atomic mass is 15.2. The molecule has 1 saturated heterocycles. The Labute approximate surface area is 258 Å². The summed E-state index contributed by atoms with van der Waals surface area (Å²) in [5.74, 6) is 8.10. The van der Waals surface area contributed by atoms with Crippen LogP contribution in [-0.4, -0.2) is 41.4 Å². The normalized spacial score (nSPS) is 46.1. The molecule has 2 nitrogen and oxygen atoms in total. The van der Waals surface area contributed by atoms with E-state index in [0.29, 0.717) is 0 Å². The van der Waals surface area contributed by atoms with Gasteiger partial charge < -0.3 is 4.90 Å². The molecule has 2 aliphatic heterocycles. The molecule has 2 heterocycles. The van der Waals surface area contributed by atoms with Crippen LogP contribution in [0.3, 0.4) is 0 Å². The molecule has 6 aliphatic carbocycles. The van der Waals surface area contributed by atoms with Gasteiger partial charge in [-0.1, -0.05) is 69.1 Å². The van der Waals surface area contributed by atoms with E-state index in [4.69, 9.17) is 0 Å². The van der Waals surface area contributed by atoms with Crippen molar-refractivity contribution in [2.75, 3.05) is 14.1 Å². The van der Waals surface area contributed by atoms with Gasteiger partial charge in [-0.05, 0) is 112 Å². The Morgan fingerprint density at radius 1 is 0.643 bits per heavy atom. The van der Waals surface area contributed by atoms with Gasteiger partial charge in [-0.2, -0.15) is 0 Å². The Balaban J connectivity index is 1.08. The summed E-state index contributed by atoms with van der Waals surface area (Å²) < 4.78 is 2.79. The van der Waals surface area contributed by atoms with Crippen LogP contribution in [0.2, 0.25) is 0 Å². The molecule has 6 saturated carbocycles. The summed E-state index contributed by atoms with van der Waals surface area (Å²) >= 11 is 0. The Hall–Kier alpha value is -1.31. The molecule has 0 aromatic carbocycles. The third-order valence-electron chi connectivity index (χ3n) is 14.8. The summed E-state index contributed by atoms with van der Waals surface area (Å²) in [6.07, 6.45) is 40.1. The van der Waals surface area contributed by atoms with Crippen molar-refractivity contribution in [3.8, 4) is 0 Å². The molecule has 0 N–H and O–H groups in total. The standard InChI is InChI=1S/C40H61N2/c1-41-34(32-19-7-15-28-17-9-21-36(41)39(28)32)25-23-30-13-6-14-31(38(30)27-11-4-3-5-12-27)24-26-35-33-20-8-16-29-18-10-22-37(40(29)33)42(35)2/h23-30,32-33,36-40H,3-22H2,1-2H3/q+1/b25-23+,31-24+,35-26+. The lowest BCUT2D eigenvalue weighted by molar-refractivity contribution is -0.540. The predicted octanol–water partition coefficient (Wildman–Crippen LogP) is 9.56. The van der Waals surface area contributed by atoms with Gasteiger partial charge in [0.2, 0.25) is 0 Å². The van der Waals surface area contributed by atoms with Gasteiger partial charge in [0.1, 0.15) is 7.05 Å². The van der Waals surface area contributed by atoms with E-state index in [1.807, 2.05) is 5.57 Å². The fourth-order valence-corrected chi connectivity index (χ4v) is 13.1. The molecule has 7 fully saturated rings. The average molecular weight is 570 g/mol. The summed E-state index contributed by atoms with van der Waals surface area (Å²) in [4.78, 5) is 2.78. The Bertz CT molecular complexity index is 1110. The van der Waals surface area contributed by atoms with E-state index in [9.17, 15) is 0 Å². The average Bonchev–Trinajstić information content (AvgIpc) is 3.47. The van der Waals surface area contributed by atoms with Crippen LogP contribution in [0, 0.1) is 53.3 Å². The Kier molecular flexibility index (Phi) is 7.98. The smallest absolute Gasteiger partial charge is 0.179 e. The fourth-order valence-electron chi connectivity index (χ4n) is 13.1. The van der Waals surface area contributed by atoms with Gasteiger partial charge in [-0.3, -0.25) is 0 Å². The lowest BCUT2D eigenvalue weighted by Gasteiger charge is -2.40. The monoisotopic (exact) mass is 569 g/mol. The first-order valence-corrected chi connectivity index (χ1v) is 19.1. The summed E-state index contributed by atoms with van der Waals surface area (Å²) in [5, 5.41) is 0. The summed E-state index contributed by atoms with van der Waals surface area (Å²) in [5.41, 5.74) is 5.29. The van der Waals surface area contributed by atoms with Crippen molar-refractivity contribution in [3.63, 3.8) is 0 Å². The molecule has 0 aromatic rings. The van der Waals surface area contributed by atoms with Crippen LogP contribution < -0.4 is 0 Å². The Morgan fingerprint density at radius 2 is 1.33 bits per heavy atom. The second-order valence-corrected chi connectivity index (χ2v) is 16.6. The van der Waals surface area contributed by atoms with E-state index < -0.39 is 0 Å². The van der Waals surface area contributed by atoms with Gasteiger partial charge in [0.15, 0.2) is 11.8 Å². The fraction of sp³-hybridized carbons (Fsp3) is 0.825. The van der Waals surface area contributed by atoms with Crippen molar-refractivity contribution in [2.24, 2.45) is 53.3 Å². The van der Waals surface area contributed by atoms with Crippen molar-refractivity contribution in [1.82, 2.24) is 4.90 Å².